The highest BCUT2D eigenvalue weighted by molar-refractivity contribution is 5.64. The number of nitrogens with two attached hydrogens (primary N) is 1. The van der Waals surface area contributed by atoms with E-state index >= 15 is 0 Å². The summed E-state index contributed by atoms with van der Waals surface area (Å²) in [5.41, 5.74) is 8.78. The predicted octanol–water partition coefficient (Wildman–Crippen LogP) is 2.30. The van der Waals surface area contributed by atoms with E-state index in [-0.39, 0.29) is 0 Å². The van der Waals surface area contributed by atoms with Gasteiger partial charge in [-0.25, -0.2) is 9.97 Å². The summed E-state index contributed by atoms with van der Waals surface area (Å²) in [6.45, 7) is 4.41. The van der Waals surface area contributed by atoms with E-state index in [1.807, 2.05) is 32.0 Å². The van der Waals surface area contributed by atoms with E-state index in [1.165, 1.54) is 0 Å². The Morgan fingerprint density at radius 1 is 1.21 bits per heavy atom. The van der Waals surface area contributed by atoms with Gasteiger partial charge in [0.05, 0.1) is 13.7 Å². The van der Waals surface area contributed by atoms with Gasteiger partial charge in [0.2, 0.25) is 0 Å². The van der Waals surface area contributed by atoms with Crippen molar-refractivity contribution in [3.8, 4) is 5.75 Å². The zero-order valence-corrected chi connectivity index (χ0v) is 11.4. The molecule has 0 bridgehead atoms. The van der Waals surface area contributed by atoms with E-state index < -0.39 is 0 Å². The maximum Gasteiger partial charge on any atom is 0.144 e. The standard InChI is InChI=1S/C14H18N4O/c1-9-10(2)12(19-3)5-4-11(9)17-13-6-7-16-14(8-15)18-13/h4-7H,8,15H2,1-3H3,(H,16,17,18). The first-order valence-corrected chi connectivity index (χ1v) is 6.09. The van der Waals surface area contributed by atoms with Crippen molar-refractivity contribution in [2.24, 2.45) is 5.73 Å². The summed E-state index contributed by atoms with van der Waals surface area (Å²) in [5, 5.41) is 3.28. The fraction of sp³-hybridized carbons (Fsp3) is 0.286. The summed E-state index contributed by atoms with van der Waals surface area (Å²) in [7, 11) is 1.67. The number of benzene rings is 1. The highest BCUT2D eigenvalue weighted by Crippen LogP contribution is 2.28. The molecule has 0 radical (unpaired) electrons. The summed E-state index contributed by atoms with van der Waals surface area (Å²) in [6.07, 6.45) is 1.70. The Balaban J connectivity index is 2.30. The molecule has 0 saturated carbocycles. The van der Waals surface area contributed by atoms with E-state index in [0.29, 0.717) is 12.4 Å². The number of hydrogen-bond donors (Lipinski definition) is 2. The minimum atomic E-state index is 0.330. The molecule has 5 nitrogen and oxygen atoms in total. The number of anilines is 2. The summed E-state index contributed by atoms with van der Waals surface area (Å²) in [5.74, 6) is 2.24. The van der Waals surface area contributed by atoms with E-state index in [9.17, 15) is 0 Å². The highest BCUT2D eigenvalue weighted by atomic mass is 16.5. The van der Waals surface area contributed by atoms with Crippen LogP contribution in [0.5, 0.6) is 5.75 Å². The van der Waals surface area contributed by atoms with Gasteiger partial charge >= 0.3 is 0 Å². The van der Waals surface area contributed by atoms with Crippen molar-refractivity contribution in [1.29, 1.82) is 0 Å². The minimum absolute atomic E-state index is 0.330. The zero-order chi connectivity index (χ0) is 13.8. The minimum Gasteiger partial charge on any atom is -0.496 e. The maximum atomic E-state index is 5.53. The van der Waals surface area contributed by atoms with Crippen LogP contribution in [0.1, 0.15) is 17.0 Å². The Kier molecular flexibility index (Phi) is 3.97. The van der Waals surface area contributed by atoms with E-state index in [1.54, 1.807) is 13.3 Å². The molecule has 19 heavy (non-hydrogen) atoms. The molecule has 1 aromatic heterocycles. The van der Waals surface area contributed by atoms with Gasteiger partial charge in [0.25, 0.3) is 0 Å². The molecule has 0 aliphatic rings. The van der Waals surface area contributed by atoms with Crippen molar-refractivity contribution in [1.82, 2.24) is 9.97 Å². The number of hydrogen-bond acceptors (Lipinski definition) is 5. The molecule has 2 aromatic rings. The second kappa shape index (κ2) is 5.67. The van der Waals surface area contributed by atoms with Crippen LogP contribution in [0.15, 0.2) is 24.4 Å². The van der Waals surface area contributed by atoms with Crippen molar-refractivity contribution in [2.45, 2.75) is 20.4 Å². The number of nitrogens with zero attached hydrogens (tertiary/aromatic N) is 2. The third kappa shape index (κ3) is 2.82. The van der Waals surface area contributed by atoms with Gasteiger partial charge in [-0.05, 0) is 43.2 Å². The molecule has 100 valence electrons. The van der Waals surface area contributed by atoms with Crippen molar-refractivity contribution in [3.63, 3.8) is 0 Å². The van der Waals surface area contributed by atoms with Gasteiger partial charge in [-0.3, -0.25) is 0 Å². The van der Waals surface area contributed by atoms with Crippen LogP contribution < -0.4 is 15.8 Å². The van der Waals surface area contributed by atoms with Gasteiger partial charge in [-0.15, -0.1) is 0 Å². The number of aromatic nitrogens is 2. The van der Waals surface area contributed by atoms with E-state index in [4.69, 9.17) is 10.5 Å². The van der Waals surface area contributed by atoms with Crippen molar-refractivity contribution < 1.29 is 4.74 Å². The first kappa shape index (κ1) is 13.3. The second-order valence-corrected chi connectivity index (χ2v) is 4.25. The molecule has 0 aliphatic carbocycles. The van der Waals surface area contributed by atoms with E-state index in [0.717, 1.165) is 28.4 Å². The molecule has 0 amide bonds. The van der Waals surface area contributed by atoms with Crippen LogP contribution in [0.25, 0.3) is 0 Å². The van der Waals surface area contributed by atoms with Gasteiger partial charge in [-0.2, -0.15) is 0 Å². The number of nitrogens with one attached hydrogen (secondary N) is 1. The lowest BCUT2D eigenvalue weighted by molar-refractivity contribution is 0.411. The predicted molar refractivity (Wildman–Crippen MR) is 75.7 cm³/mol. The molecular weight excluding hydrogens is 240 g/mol. The molecule has 0 saturated heterocycles. The van der Waals surface area contributed by atoms with Crippen LogP contribution in [0.2, 0.25) is 0 Å². The number of rotatable bonds is 4. The Morgan fingerprint density at radius 2 is 2.00 bits per heavy atom. The fourth-order valence-corrected chi connectivity index (χ4v) is 1.86. The Morgan fingerprint density at radius 3 is 2.68 bits per heavy atom. The number of ether oxygens (including phenoxy) is 1. The Hall–Kier alpha value is -2.14. The van der Waals surface area contributed by atoms with E-state index in [2.05, 4.69) is 15.3 Å². The van der Waals surface area contributed by atoms with Crippen molar-refractivity contribution in [3.05, 3.63) is 41.3 Å². The molecule has 3 N–H and O–H groups in total. The van der Waals surface area contributed by atoms with Gasteiger partial charge in [0, 0.05) is 11.9 Å². The van der Waals surface area contributed by atoms with Crippen LogP contribution in [0.3, 0.4) is 0 Å². The smallest absolute Gasteiger partial charge is 0.144 e. The third-order valence-corrected chi connectivity index (χ3v) is 3.11. The summed E-state index contributed by atoms with van der Waals surface area (Å²) in [4.78, 5) is 8.39. The lowest BCUT2D eigenvalue weighted by atomic mass is 10.1. The average Bonchev–Trinajstić information content (AvgIpc) is 2.44. The molecule has 0 atom stereocenters. The quantitative estimate of drug-likeness (QED) is 0.880. The molecule has 5 heteroatoms. The fourth-order valence-electron chi connectivity index (χ4n) is 1.86. The molecule has 1 heterocycles. The number of methoxy groups -OCH3 is 1. The van der Waals surface area contributed by atoms with Crippen LogP contribution >= 0.6 is 0 Å². The van der Waals surface area contributed by atoms with Crippen LogP contribution in [0.4, 0.5) is 11.5 Å². The molecule has 0 spiro atoms. The van der Waals surface area contributed by atoms with Crippen LogP contribution in [-0.4, -0.2) is 17.1 Å². The SMILES string of the molecule is COc1ccc(Nc2ccnc(CN)n2)c(C)c1C. The second-order valence-electron chi connectivity index (χ2n) is 4.25. The molecule has 0 unspecified atom stereocenters. The molecule has 0 aliphatic heterocycles. The lowest BCUT2D eigenvalue weighted by Crippen LogP contribution is -2.05. The normalized spacial score (nSPS) is 10.3. The molecule has 2 rings (SSSR count). The monoisotopic (exact) mass is 258 g/mol. The van der Waals surface area contributed by atoms with Crippen molar-refractivity contribution in [2.75, 3.05) is 12.4 Å². The molecule has 1 aromatic carbocycles. The lowest BCUT2D eigenvalue weighted by Gasteiger charge is -2.14. The molecule has 0 fully saturated rings. The Labute approximate surface area is 112 Å². The van der Waals surface area contributed by atoms with Gasteiger partial charge < -0.3 is 15.8 Å². The zero-order valence-electron chi connectivity index (χ0n) is 11.4. The Bertz CT molecular complexity index is 584. The summed E-state index contributed by atoms with van der Waals surface area (Å²) < 4.78 is 5.30. The van der Waals surface area contributed by atoms with Gasteiger partial charge in [0.1, 0.15) is 17.4 Å². The third-order valence-electron chi connectivity index (χ3n) is 3.11. The van der Waals surface area contributed by atoms with Crippen LogP contribution in [-0.2, 0) is 6.54 Å². The summed E-state index contributed by atoms with van der Waals surface area (Å²) in [6, 6.07) is 5.74. The maximum absolute atomic E-state index is 5.53. The molecular formula is C14H18N4O. The van der Waals surface area contributed by atoms with Gasteiger partial charge in [0.15, 0.2) is 0 Å². The first-order chi connectivity index (χ1) is 9.15. The van der Waals surface area contributed by atoms with Gasteiger partial charge in [-0.1, -0.05) is 0 Å². The summed E-state index contributed by atoms with van der Waals surface area (Å²) >= 11 is 0. The average molecular weight is 258 g/mol. The van der Waals surface area contributed by atoms with Crippen molar-refractivity contribution >= 4 is 11.5 Å². The largest absolute Gasteiger partial charge is 0.496 e. The topological polar surface area (TPSA) is 73.1 Å². The highest BCUT2D eigenvalue weighted by Gasteiger charge is 2.07. The van der Waals surface area contributed by atoms with Crippen LogP contribution in [0, 0.1) is 13.8 Å². The first-order valence-electron chi connectivity index (χ1n) is 6.09.